The highest BCUT2D eigenvalue weighted by molar-refractivity contribution is 5.91. The second-order valence-electron chi connectivity index (χ2n) is 14.7. The van der Waals surface area contributed by atoms with Crippen molar-refractivity contribution in [2.45, 2.75) is 5.41 Å². The van der Waals surface area contributed by atoms with Crippen LogP contribution in [0.4, 0.5) is 17.1 Å². The maximum Gasteiger partial charge on any atom is 0.0714 e. The van der Waals surface area contributed by atoms with Gasteiger partial charge >= 0.3 is 0 Å². The summed E-state index contributed by atoms with van der Waals surface area (Å²) >= 11 is 0. The van der Waals surface area contributed by atoms with E-state index in [9.17, 15) is 11.0 Å². The van der Waals surface area contributed by atoms with Crippen LogP contribution in [0.1, 0.15) is 40.1 Å². The number of nitrogens with zero attached hydrogens (tertiary/aromatic N) is 1. The number of rotatable bonds is 8. The van der Waals surface area contributed by atoms with Crippen LogP contribution in [0.15, 0.2) is 248 Å². The zero-order valence-electron chi connectivity index (χ0n) is 45.1. The van der Waals surface area contributed by atoms with Crippen molar-refractivity contribution in [1.82, 2.24) is 0 Å². The number of hydrogen-bond acceptors (Lipinski definition) is 1. The van der Waals surface area contributed by atoms with Crippen LogP contribution in [-0.2, 0) is 5.41 Å². The third kappa shape index (κ3) is 6.03. The van der Waals surface area contributed by atoms with Gasteiger partial charge in [-0.25, -0.2) is 0 Å². The molecule has 0 aliphatic heterocycles. The third-order valence-electron chi connectivity index (χ3n) is 11.4. The minimum Gasteiger partial charge on any atom is -0.310 e. The average Bonchev–Trinajstić information content (AvgIpc) is 3.72. The van der Waals surface area contributed by atoms with E-state index in [4.69, 9.17) is 6.85 Å². The Morgan fingerprint density at radius 2 is 0.850 bits per heavy atom. The highest BCUT2D eigenvalue weighted by Crippen LogP contribution is 2.57. The second kappa shape index (κ2) is 14.9. The minimum absolute atomic E-state index is 0.00834. The van der Waals surface area contributed by atoms with E-state index in [0.29, 0.717) is 5.56 Å². The van der Waals surface area contributed by atoms with Crippen LogP contribution in [0.2, 0.25) is 0 Å². The van der Waals surface area contributed by atoms with Crippen molar-refractivity contribution in [3.63, 3.8) is 0 Å². The van der Waals surface area contributed by atoms with Crippen molar-refractivity contribution in [3.05, 3.63) is 271 Å². The lowest BCUT2D eigenvalue weighted by atomic mass is 9.67. The summed E-state index contributed by atoms with van der Waals surface area (Å²) in [5.74, 6) is 0. The Balaban J connectivity index is 1.19. The van der Waals surface area contributed by atoms with Gasteiger partial charge in [-0.15, -0.1) is 0 Å². The van der Waals surface area contributed by atoms with Gasteiger partial charge in [0.1, 0.15) is 0 Å². The first-order valence-corrected chi connectivity index (χ1v) is 19.7. The van der Waals surface area contributed by atoms with E-state index in [0.717, 1.165) is 55.3 Å². The topological polar surface area (TPSA) is 3.24 Å². The molecule has 0 saturated heterocycles. The zero-order valence-corrected chi connectivity index (χ0v) is 32.1. The molecule has 60 heavy (non-hydrogen) atoms. The van der Waals surface area contributed by atoms with Crippen LogP contribution in [0.3, 0.4) is 0 Å². The van der Waals surface area contributed by atoms with E-state index in [-0.39, 0.29) is 16.9 Å². The summed E-state index contributed by atoms with van der Waals surface area (Å²) in [6, 6.07) is 46.2. The van der Waals surface area contributed by atoms with Gasteiger partial charge in [-0.3, -0.25) is 0 Å². The Morgan fingerprint density at radius 3 is 1.53 bits per heavy atom. The van der Waals surface area contributed by atoms with Crippen molar-refractivity contribution < 1.29 is 17.8 Å². The van der Waals surface area contributed by atoms with Gasteiger partial charge in [-0.05, 0) is 126 Å². The molecule has 0 atom stereocenters. The van der Waals surface area contributed by atoms with Gasteiger partial charge in [0.15, 0.2) is 0 Å². The monoisotopic (exact) mass is 776 g/mol. The fourth-order valence-electron chi connectivity index (χ4n) is 8.64. The van der Waals surface area contributed by atoms with E-state index < -0.39 is 101 Å². The first-order valence-electron chi connectivity index (χ1n) is 26.2. The molecule has 282 valence electrons. The van der Waals surface area contributed by atoms with Gasteiger partial charge in [0.25, 0.3) is 0 Å². The summed E-state index contributed by atoms with van der Waals surface area (Å²) in [7, 11) is 0. The molecule has 1 aliphatic rings. The Hall–Kier alpha value is -7.74. The maximum atomic E-state index is 9.86. The molecular formula is C59H41N. The average molecular weight is 777 g/mol. The summed E-state index contributed by atoms with van der Waals surface area (Å²) in [6.07, 6.45) is 0. The van der Waals surface area contributed by atoms with Crippen LogP contribution in [0.5, 0.6) is 0 Å². The first kappa shape index (κ1) is 24.2. The molecule has 0 amide bonds. The Morgan fingerprint density at radius 1 is 0.317 bits per heavy atom. The lowest BCUT2D eigenvalue weighted by Crippen LogP contribution is -2.28. The normalized spacial score (nSPS) is 15.5. The standard InChI is InChI=1S/C59H41N/c1-4-15-42(16-5-1)44-29-33-52(34-30-44)60(53-35-31-45(32-36-53)47-19-14-20-48(39-47)49-28-27-43-17-10-11-18-46(43)40-49)54-37-38-56-55-25-12-13-26-57(55)59(58(56)41-54,50-21-6-2-7-22-50)51-23-8-3-9-24-51/h1-41H/i1D,4D,5D,15D,16D,29D,30D,31D,32D,33D,34D,35D,36D. The molecule has 11 rings (SSSR count). The summed E-state index contributed by atoms with van der Waals surface area (Å²) in [6.45, 7) is 0. The molecule has 0 N–H and O–H groups in total. The Bertz CT molecular complexity index is 3790. The molecule has 10 aromatic carbocycles. The third-order valence-corrected chi connectivity index (χ3v) is 11.4. The van der Waals surface area contributed by atoms with E-state index in [1.54, 1.807) is 18.2 Å². The lowest BCUT2D eigenvalue weighted by Gasteiger charge is -2.35. The largest absolute Gasteiger partial charge is 0.310 e. The van der Waals surface area contributed by atoms with Gasteiger partial charge in [0.05, 0.1) is 23.2 Å². The molecule has 0 spiro atoms. The molecule has 0 fully saturated rings. The van der Waals surface area contributed by atoms with E-state index >= 15 is 0 Å². The van der Waals surface area contributed by atoms with Crippen molar-refractivity contribution in [2.24, 2.45) is 0 Å². The summed E-state index contributed by atoms with van der Waals surface area (Å²) < 4.78 is 120. The number of benzene rings is 10. The van der Waals surface area contributed by atoms with Gasteiger partial charge in [-0.1, -0.05) is 200 Å². The molecule has 1 nitrogen and oxygen atoms in total. The van der Waals surface area contributed by atoms with Crippen molar-refractivity contribution >= 4 is 27.8 Å². The number of fused-ring (bicyclic) bond motifs is 4. The number of anilines is 3. The van der Waals surface area contributed by atoms with Gasteiger partial charge < -0.3 is 4.90 Å². The molecule has 0 aromatic heterocycles. The Kier molecular flexibility index (Phi) is 6.02. The molecule has 0 radical (unpaired) electrons. The zero-order chi connectivity index (χ0) is 51.2. The smallest absolute Gasteiger partial charge is 0.0714 e. The van der Waals surface area contributed by atoms with E-state index in [2.05, 4.69) is 6.07 Å². The van der Waals surface area contributed by atoms with Crippen LogP contribution >= 0.6 is 0 Å². The molecule has 1 aliphatic carbocycles. The SMILES string of the molecule is [2H]c1c([2H])c([2H])c(-c2c([2H])c([2H])c(N(c3ccc4c(c3)C(c3ccccc3)(c3ccccc3)c3ccccc3-4)c3c([2H])c([2H])c(-c4cccc(-c5ccc6ccccc6c5)c4)c([2H])c3[2H])c([2H])c2[2H])c([2H])c1[2H]. The fourth-order valence-corrected chi connectivity index (χ4v) is 8.64. The molecule has 0 heterocycles. The molecule has 1 heteroatoms. The Labute approximate surface area is 370 Å². The van der Waals surface area contributed by atoms with E-state index in [1.807, 2.05) is 146 Å². The molecule has 0 unspecified atom stereocenters. The van der Waals surface area contributed by atoms with Crippen molar-refractivity contribution in [2.75, 3.05) is 4.90 Å². The minimum atomic E-state index is -0.968. The maximum absolute atomic E-state index is 9.86. The number of hydrogen-bond donors (Lipinski definition) is 0. The first-order chi connectivity index (χ1) is 35.2. The molecule has 10 aromatic rings. The highest BCUT2D eigenvalue weighted by Gasteiger charge is 2.46. The predicted octanol–water partition coefficient (Wildman–Crippen LogP) is 15.7. The summed E-state index contributed by atoms with van der Waals surface area (Å²) in [5, 5.41) is 2.08. The van der Waals surface area contributed by atoms with Crippen LogP contribution in [0, 0.1) is 0 Å². The quantitative estimate of drug-likeness (QED) is 0.149. The second-order valence-corrected chi connectivity index (χ2v) is 14.7. The van der Waals surface area contributed by atoms with Gasteiger partial charge in [0.2, 0.25) is 0 Å². The van der Waals surface area contributed by atoms with Crippen LogP contribution in [0.25, 0.3) is 55.3 Å². The molecular weight excluding hydrogens is 723 g/mol. The molecule has 0 saturated carbocycles. The molecule has 0 bridgehead atoms. The van der Waals surface area contributed by atoms with E-state index in [1.165, 1.54) is 4.90 Å². The van der Waals surface area contributed by atoms with Crippen molar-refractivity contribution in [1.29, 1.82) is 0 Å². The fraction of sp³-hybridized carbons (Fsp3) is 0.0169. The van der Waals surface area contributed by atoms with Gasteiger partial charge in [-0.2, -0.15) is 0 Å². The summed E-state index contributed by atoms with van der Waals surface area (Å²) in [5.41, 5.74) is 4.81. The highest BCUT2D eigenvalue weighted by atomic mass is 15.1. The predicted molar refractivity (Wildman–Crippen MR) is 252 cm³/mol. The van der Waals surface area contributed by atoms with Crippen LogP contribution in [-0.4, -0.2) is 0 Å². The summed E-state index contributed by atoms with van der Waals surface area (Å²) in [4.78, 5) is 1.24. The van der Waals surface area contributed by atoms with Gasteiger partial charge in [0, 0.05) is 17.1 Å². The lowest BCUT2D eigenvalue weighted by molar-refractivity contribution is 0.768. The van der Waals surface area contributed by atoms with Crippen molar-refractivity contribution in [3.8, 4) is 44.5 Å². The van der Waals surface area contributed by atoms with Crippen LogP contribution < -0.4 is 4.90 Å².